The molecule has 0 spiro atoms. The van der Waals surface area contributed by atoms with E-state index in [1.807, 2.05) is 50.5 Å². The molecule has 4 rings (SSSR count). The number of para-hydroxylation sites is 1. The van der Waals surface area contributed by atoms with E-state index < -0.39 is 0 Å². The van der Waals surface area contributed by atoms with Gasteiger partial charge in [-0.05, 0) is 41.5 Å². The average Bonchev–Trinajstić information content (AvgIpc) is 3.19. The second kappa shape index (κ2) is 8.23. The number of carbonyl (C=O) groups excluding carboxylic acids is 1. The Bertz CT molecular complexity index is 1100. The molecule has 0 unspecified atom stereocenters. The van der Waals surface area contributed by atoms with E-state index in [2.05, 4.69) is 63.9 Å². The maximum absolute atomic E-state index is 12.6. The van der Waals surface area contributed by atoms with E-state index in [0.717, 1.165) is 11.2 Å². The number of benzene rings is 3. The highest BCUT2D eigenvalue weighted by atomic mass is 16.1. The highest BCUT2D eigenvalue weighted by Crippen LogP contribution is 2.31. The van der Waals surface area contributed by atoms with Gasteiger partial charge in [0.2, 0.25) is 0 Å². The van der Waals surface area contributed by atoms with Gasteiger partial charge in [0.05, 0.1) is 0 Å². The van der Waals surface area contributed by atoms with Crippen LogP contribution in [0.4, 0.5) is 5.69 Å². The molecule has 0 aliphatic carbocycles. The first-order chi connectivity index (χ1) is 14.1. The number of nitrogens with one attached hydrogen (secondary N) is 2. The number of amides is 1. The van der Waals surface area contributed by atoms with Gasteiger partial charge in [0, 0.05) is 54.9 Å². The molecule has 4 heteroatoms. The van der Waals surface area contributed by atoms with Crippen LogP contribution in [0.1, 0.15) is 27.4 Å². The first-order valence-electron chi connectivity index (χ1n) is 9.80. The van der Waals surface area contributed by atoms with Gasteiger partial charge in [-0.15, -0.1) is 0 Å². The predicted octanol–water partition coefficient (Wildman–Crippen LogP) is 4.80. The Morgan fingerprint density at radius 2 is 1.62 bits per heavy atom. The number of hydrogen-bond acceptors (Lipinski definition) is 2. The zero-order chi connectivity index (χ0) is 20.2. The van der Waals surface area contributed by atoms with Gasteiger partial charge in [-0.25, -0.2) is 0 Å². The van der Waals surface area contributed by atoms with Crippen molar-refractivity contribution in [2.24, 2.45) is 0 Å². The van der Waals surface area contributed by atoms with E-state index in [9.17, 15) is 4.79 Å². The summed E-state index contributed by atoms with van der Waals surface area (Å²) < 4.78 is 0. The van der Waals surface area contributed by atoms with Crippen molar-refractivity contribution in [2.75, 3.05) is 25.5 Å². The van der Waals surface area contributed by atoms with Crippen LogP contribution in [0.15, 0.2) is 85.1 Å². The molecular weight excluding hydrogens is 358 g/mol. The maximum Gasteiger partial charge on any atom is 0.251 e. The molecule has 0 radical (unpaired) electrons. The molecular formula is C25H25N3O. The molecule has 2 N–H and O–H groups in total. The number of hydrogen-bond donors (Lipinski definition) is 2. The lowest BCUT2D eigenvalue weighted by Crippen LogP contribution is -2.28. The van der Waals surface area contributed by atoms with Gasteiger partial charge in [-0.2, -0.15) is 0 Å². The third-order valence-corrected chi connectivity index (χ3v) is 5.31. The molecule has 0 aliphatic heterocycles. The predicted molar refractivity (Wildman–Crippen MR) is 120 cm³/mol. The van der Waals surface area contributed by atoms with Crippen molar-refractivity contribution in [1.29, 1.82) is 0 Å². The summed E-state index contributed by atoms with van der Waals surface area (Å²) in [5.41, 5.74) is 5.29. The van der Waals surface area contributed by atoms with Crippen molar-refractivity contribution in [3.05, 3.63) is 102 Å². The Hall–Kier alpha value is -3.53. The van der Waals surface area contributed by atoms with Crippen LogP contribution < -0.4 is 10.2 Å². The minimum absolute atomic E-state index is 0.0509. The van der Waals surface area contributed by atoms with Crippen LogP contribution in [0.5, 0.6) is 0 Å². The molecule has 0 aliphatic rings. The SMILES string of the molecule is CN(C)c1ccc([C@@H](CNC(=O)c2ccccc2)c2c[nH]c3ccccc23)cc1. The monoisotopic (exact) mass is 383 g/mol. The number of anilines is 1. The van der Waals surface area contributed by atoms with Crippen molar-refractivity contribution in [3.63, 3.8) is 0 Å². The van der Waals surface area contributed by atoms with Crippen LogP contribution in [0, 0.1) is 0 Å². The summed E-state index contributed by atoms with van der Waals surface area (Å²) >= 11 is 0. The molecule has 1 aromatic heterocycles. The summed E-state index contributed by atoms with van der Waals surface area (Å²) in [7, 11) is 4.07. The molecule has 29 heavy (non-hydrogen) atoms. The van der Waals surface area contributed by atoms with Gasteiger partial charge in [0.15, 0.2) is 0 Å². The highest BCUT2D eigenvalue weighted by Gasteiger charge is 2.19. The lowest BCUT2D eigenvalue weighted by molar-refractivity contribution is 0.0952. The van der Waals surface area contributed by atoms with Crippen LogP contribution in [0.3, 0.4) is 0 Å². The Morgan fingerprint density at radius 3 is 2.34 bits per heavy atom. The molecule has 0 bridgehead atoms. The molecule has 146 valence electrons. The highest BCUT2D eigenvalue weighted by molar-refractivity contribution is 5.94. The third kappa shape index (κ3) is 4.02. The summed E-state index contributed by atoms with van der Waals surface area (Å²) in [6.45, 7) is 0.525. The van der Waals surface area contributed by atoms with Crippen molar-refractivity contribution in [1.82, 2.24) is 10.3 Å². The zero-order valence-electron chi connectivity index (χ0n) is 16.7. The fraction of sp³-hybridized carbons (Fsp3) is 0.160. The summed E-state index contributed by atoms with van der Waals surface area (Å²) in [6, 6.07) is 26.2. The van der Waals surface area contributed by atoms with E-state index in [1.165, 1.54) is 16.5 Å². The molecule has 1 atom stereocenters. The number of rotatable bonds is 6. The molecule has 0 saturated carbocycles. The van der Waals surface area contributed by atoms with Crippen LogP contribution in [0.2, 0.25) is 0 Å². The number of aromatic amines is 1. The molecule has 3 aromatic carbocycles. The van der Waals surface area contributed by atoms with Crippen molar-refractivity contribution < 1.29 is 4.79 Å². The van der Waals surface area contributed by atoms with Crippen LogP contribution in [-0.4, -0.2) is 31.5 Å². The van der Waals surface area contributed by atoms with Gasteiger partial charge in [0.1, 0.15) is 0 Å². The largest absolute Gasteiger partial charge is 0.378 e. The van der Waals surface area contributed by atoms with E-state index >= 15 is 0 Å². The molecule has 0 fully saturated rings. The van der Waals surface area contributed by atoms with Gasteiger partial charge in [0.25, 0.3) is 5.91 Å². The lowest BCUT2D eigenvalue weighted by atomic mass is 9.90. The van der Waals surface area contributed by atoms with Crippen molar-refractivity contribution in [2.45, 2.75) is 5.92 Å². The fourth-order valence-corrected chi connectivity index (χ4v) is 3.68. The van der Waals surface area contributed by atoms with Gasteiger partial charge in [-0.3, -0.25) is 4.79 Å². The molecule has 1 amide bonds. The van der Waals surface area contributed by atoms with Crippen LogP contribution >= 0.6 is 0 Å². The Balaban J connectivity index is 1.66. The zero-order valence-corrected chi connectivity index (χ0v) is 16.7. The first kappa shape index (κ1) is 18.8. The van der Waals surface area contributed by atoms with E-state index in [-0.39, 0.29) is 11.8 Å². The average molecular weight is 383 g/mol. The Morgan fingerprint density at radius 1 is 0.931 bits per heavy atom. The summed E-state index contributed by atoms with van der Waals surface area (Å²) in [4.78, 5) is 18.1. The van der Waals surface area contributed by atoms with Gasteiger partial charge >= 0.3 is 0 Å². The molecule has 1 heterocycles. The fourth-order valence-electron chi connectivity index (χ4n) is 3.68. The topological polar surface area (TPSA) is 48.1 Å². The third-order valence-electron chi connectivity index (χ3n) is 5.31. The normalized spacial score (nSPS) is 11.9. The quantitative estimate of drug-likeness (QED) is 0.503. The van der Waals surface area contributed by atoms with E-state index in [4.69, 9.17) is 0 Å². The standard InChI is InChI=1S/C25H25N3O/c1-28(2)20-14-12-18(13-15-20)22(16-27-25(29)19-8-4-3-5-9-19)23-17-26-24-11-7-6-10-21(23)24/h3-15,17,22,26H,16H2,1-2H3,(H,27,29)/t22-/m1/s1. The Labute approximate surface area is 171 Å². The molecule has 4 nitrogen and oxygen atoms in total. The summed E-state index contributed by atoms with van der Waals surface area (Å²) in [6.07, 6.45) is 2.06. The number of H-pyrrole nitrogens is 1. The number of fused-ring (bicyclic) bond motifs is 1. The summed E-state index contributed by atoms with van der Waals surface area (Å²) in [5, 5.41) is 4.31. The van der Waals surface area contributed by atoms with Gasteiger partial charge < -0.3 is 15.2 Å². The Kier molecular flexibility index (Phi) is 5.34. The number of carbonyl (C=O) groups is 1. The second-order valence-corrected chi connectivity index (χ2v) is 7.40. The van der Waals surface area contributed by atoms with E-state index in [0.29, 0.717) is 12.1 Å². The molecule has 4 aromatic rings. The van der Waals surface area contributed by atoms with Crippen LogP contribution in [0.25, 0.3) is 10.9 Å². The lowest BCUT2D eigenvalue weighted by Gasteiger charge is -2.20. The van der Waals surface area contributed by atoms with Gasteiger partial charge in [-0.1, -0.05) is 48.5 Å². The molecule has 0 saturated heterocycles. The van der Waals surface area contributed by atoms with E-state index in [1.54, 1.807) is 0 Å². The van der Waals surface area contributed by atoms with Crippen molar-refractivity contribution in [3.8, 4) is 0 Å². The summed E-state index contributed by atoms with van der Waals surface area (Å²) in [5.74, 6) is -0.00428. The minimum Gasteiger partial charge on any atom is -0.378 e. The van der Waals surface area contributed by atoms with Crippen LogP contribution in [-0.2, 0) is 0 Å². The van der Waals surface area contributed by atoms with Crippen molar-refractivity contribution >= 4 is 22.5 Å². The maximum atomic E-state index is 12.6. The smallest absolute Gasteiger partial charge is 0.251 e. The second-order valence-electron chi connectivity index (χ2n) is 7.40. The number of nitrogens with zero attached hydrogens (tertiary/aromatic N) is 1. The minimum atomic E-state index is -0.0552. The first-order valence-corrected chi connectivity index (χ1v) is 9.80. The number of aromatic nitrogens is 1.